The van der Waals surface area contributed by atoms with E-state index < -0.39 is 5.82 Å². The standard InChI is InChI=1S/C15H10FNOS3/c1-9-6-7-20-12(9)8-13-14(18)17(15(19)21-13)11-5-3-2-4-10(11)16/h2-8H,1H3/b13-8+. The summed E-state index contributed by atoms with van der Waals surface area (Å²) in [6, 6.07) is 8.14. The molecule has 1 saturated heterocycles. The summed E-state index contributed by atoms with van der Waals surface area (Å²) in [5, 5.41) is 1.97. The van der Waals surface area contributed by atoms with Crippen LogP contribution in [0.4, 0.5) is 10.1 Å². The predicted octanol–water partition coefficient (Wildman–Crippen LogP) is 4.60. The maximum Gasteiger partial charge on any atom is 0.270 e. The van der Waals surface area contributed by atoms with Gasteiger partial charge in [0.15, 0.2) is 4.32 Å². The molecular weight excluding hydrogens is 325 g/mol. The van der Waals surface area contributed by atoms with Crippen molar-refractivity contribution in [2.45, 2.75) is 6.92 Å². The molecule has 0 N–H and O–H groups in total. The molecule has 2 nitrogen and oxygen atoms in total. The molecule has 1 aliphatic rings. The second-order valence-corrected chi connectivity index (χ2v) is 7.06. The quantitative estimate of drug-likeness (QED) is 0.591. The number of thiocarbonyl (C=S) groups is 1. The van der Waals surface area contributed by atoms with Gasteiger partial charge in [-0.1, -0.05) is 36.1 Å². The number of aryl methyl sites for hydroxylation is 1. The van der Waals surface area contributed by atoms with Crippen molar-refractivity contribution in [3.05, 3.63) is 56.9 Å². The molecule has 1 aliphatic heterocycles. The molecule has 106 valence electrons. The predicted molar refractivity (Wildman–Crippen MR) is 91.1 cm³/mol. The summed E-state index contributed by atoms with van der Waals surface area (Å²) >= 11 is 7.99. The van der Waals surface area contributed by atoms with Gasteiger partial charge in [-0.05, 0) is 42.1 Å². The Labute approximate surface area is 135 Å². The monoisotopic (exact) mass is 335 g/mol. The van der Waals surface area contributed by atoms with Crippen molar-refractivity contribution < 1.29 is 9.18 Å². The number of para-hydroxylation sites is 1. The Morgan fingerprint density at radius 2 is 2.05 bits per heavy atom. The fraction of sp³-hybridized carbons (Fsp3) is 0.0667. The van der Waals surface area contributed by atoms with Crippen molar-refractivity contribution in [1.82, 2.24) is 0 Å². The van der Waals surface area contributed by atoms with Crippen molar-refractivity contribution in [3.8, 4) is 0 Å². The third-order valence-corrected chi connectivity index (χ3v) is 5.32. The number of halogens is 1. The number of amides is 1. The van der Waals surface area contributed by atoms with Crippen LogP contribution in [0.3, 0.4) is 0 Å². The van der Waals surface area contributed by atoms with Gasteiger partial charge in [0.1, 0.15) is 5.82 Å². The first-order valence-electron chi connectivity index (χ1n) is 6.14. The number of carbonyl (C=O) groups is 1. The maximum atomic E-state index is 13.9. The Hall–Kier alpha value is -1.50. The molecule has 0 unspecified atom stereocenters. The van der Waals surface area contributed by atoms with Crippen LogP contribution < -0.4 is 4.90 Å². The van der Waals surface area contributed by atoms with Gasteiger partial charge in [0, 0.05) is 4.88 Å². The normalized spacial score (nSPS) is 17.0. The number of carbonyl (C=O) groups excluding carboxylic acids is 1. The molecule has 0 atom stereocenters. The number of thioether (sulfide) groups is 1. The molecule has 0 aliphatic carbocycles. The summed E-state index contributed by atoms with van der Waals surface area (Å²) in [6.45, 7) is 1.99. The second kappa shape index (κ2) is 5.71. The first-order chi connectivity index (χ1) is 10.1. The van der Waals surface area contributed by atoms with Crippen LogP contribution in [0.5, 0.6) is 0 Å². The van der Waals surface area contributed by atoms with Crippen molar-refractivity contribution in [1.29, 1.82) is 0 Å². The molecule has 6 heteroatoms. The lowest BCUT2D eigenvalue weighted by molar-refractivity contribution is -0.113. The van der Waals surface area contributed by atoms with Crippen LogP contribution in [-0.4, -0.2) is 10.2 Å². The molecule has 0 spiro atoms. The van der Waals surface area contributed by atoms with Gasteiger partial charge in [0.05, 0.1) is 10.6 Å². The fourth-order valence-electron chi connectivity index (χ4n) is 1.96. The highest BCUT2D eigenvalue weighted by atomic mass is 32.2. The van der Waals surface area contributed by atoms with Gasteiger partial charge in [-0.2, -0.15) is 0 Å². The Morgan fingerprint density at radius 1 is 1.29 bits per heavy atom. The van der Waals surface area contributed by atoms with E-state index in [-0.39, 0.29) is 11.6 Å². The zero-order chi connectivity index (χ0) is 15.0. The lowest BCUT2D eigenvalue weighted by Crippen LogP contribution is -2.28. The number of hydrogen-bond donors (Lipinski definition) is 0. The summed E-state index contributed by atoms with van der Waals surface area (Å²) < 4.78 is 14.2. The van der Waals surface area contributed by atoms with Crippen molar-refractivity contribution in [2.24, 2.45) is 0 Å². The first kappa shape index (κ1) is 14.4. The lowest BCUT2D eigenvalue weighted by atomic mass is 10.2. The van der Waals surface area contributed by atoms with E-state index in [9.17, 15) is 9.18 Å². The molecule has 0 radical (unpaired) electrons. The molecule has 3 rings (SSSR count). The SMILES string of the molecule is Cc1ccsc1/C=C1/SC(=S)N(c2ccccc2F)C1=O. The topological polar surface area (TPSA) is 20.3 Å². The summed E-state index contributed by atoms with van der Waals surface area (Å²) in [7, 11) is 0. The van der Waals surface area contributed by atoms with Gasteiger partial charge in [0.2, 0.25) is 0 Å². The van der Waals surface area contributed by atoms with Crippen LogP contribution in [0.1, 0.15) is 10.4 Å². The Kier molecular flexibility index (Phi) is 3.93. The molecule has 1 aromatic carbocycles. The van der Waals surface area contributed by atoms with E-state index in [2.05, 4.69) is 0 Å². The van der Waals surface area contributed by atoms with Crippen molar-refractivity contribution in [2.75, 3.05) is 4.90 Å². The average molecular weight is 335 g/mol. The van der Waals surface area contributed by atoms with Crippen LogP contribution in [0.15, 0.2) is 40.6 Å². The minimum Gasteiger partial charge on any atom is -0.268 e. The highest BCUT2D eigenvalue weighted by Gasteiger charge is 2.34. The van der Waals surface area contributed by atoms with Gasteiger partial charge in [-0.3, -0.25) is 9.69 Å². The zero-order valence-electron chi connectivity index (χ0n) is 11.0. The smallest absolute Gasteiger partial charge is 0.268 e. The molecule has 1 fully saturated rings. The number of hydrogen-bond acceptors (Lipinski definition) is 4. The number of nitrogens with zero attached hydrogens (tertiary/aromatic N) is 1. The van der Waals surface area contributed by atoms with E-state index >= 15 is 0 Å². The fourth-order valence-corrected chi connectivity index (χ4v) is 4.16. The number of anilines is 1. The van der Waals surface area contributed by atoms with E-state index in [0.29, 0.717) is 9.23 Å². The molecular formula is C15H10FNOS3. The number of thiophene rings is 1. The third-order valence-electron chi connectivity index (χ3n) is 3.05. The van der Waals surface area contributed by atoms with Gasteiger partial charge < -0.3 is 0 Å². The van der Waals surface area contributed by atoms with Crippen LogP contribution in [0, 0.1) is 12.7 Å². The first-order valence-corrected chi connectivity index (χ1v) is 8.25. The van der Waals surface area contributed by atoms with E-state index in [1.807, 2.05) is 24.4 Å². The van der Waals surface area contributed by atoms with E-state index in [4.69, 9.17) is 12.2 Å². The Morgan fingerprint density at radius 3 is 2.71 bits per heavy atom. The van der Waals surface area contributed by atoms with Crippen LogP contribution >= 0.6 is 35.3 Å². The van der Waals surface area contributed by atoms with Gasteiger partial charge in [0.25, 0.3) is 5.91 Å². The van der Waals surface area contributed by atoms with E-state index in [1.165, 1.54) is 22.7 Å². The second-order valence-electron chi connectivity index (χ2n) is 4.44. The van der Waals surface area contributed by atoms with Crippen LogP contribution in [-0.2, 0) is 4.79 Å². The molecule has 21 heavy (non-hydrogen) atoms. The molecule has 2 aromatic rings. The minimum atomic E-state index is -0.456. The third kappa shape index (κ3) is 2.66. The van der Waals surface area contributed by atoms with E-state index in [1.54, 1.807) is 29.5 Å². The van der Waals surface area contributed by atoms with Crippen LogP contribution in [0.25, 0.3) is 6.08 Å². The van der Waals surface area contributed by atoms with Gasteiger partial charge in [-0.15, -0.1) is 11.3 Å². The summed E-state index contributed by atoms with van der Waals surface area (Å²) in [4.78, 5) is 15.3. The van der Waals surface area contributed by atoms with Crippen LogP contribution in [0.2, 0.25) is 0 Å². The van der Waals surface area contributed by atoms with Crippen molar-refractivity contribution in [3.63, 3.8) is 0 Å². The molecule has 0 saturated carbocycles. The largest absolute Gasteiger partial charge is 0.270 e. The summed E-state index contributed by atoms with van der Waals surface area (Å²) in [6.07, 6.45) is 1.82. The molecule has 2 heterocycles. The molecule has 1 aromatic heterocycles. The lowest BCUT2D eigenvalue weighted by Gasteiger charge is -2.14. The highest BCUT2D eigenvalue weighted by molar-refractivity contribution is 8.27. The van der Waals surface area contributed by atoms with Gasteiger partial charge in [-0.25, -0.2) is 4.39 Å². The van der Waals surface area contributed by atoms with E-state index in [0.717, 1.165) is 10.4 Å². The number of rotatable bonds is 2. The summed E-state index contributed by atoms with van der Waals surface area (Å²) in [5.41, 5.74) is 1.31. The van der Waals surface area contributed by atoms with Crippen molar-refractivity contribution >= 4 is 57.3 Å². The number of benzene rings is 1. The maximum absolute atomic E-state index is 13.9. The molecule has 0 bridgehead atoms. The summed E-state index contributed by atoms with van der Waals surface area (Å²) in [5.74, 6) is -0.731. The Bertz CT molecular complexity index is 766. The minimum absolute atomic E-state index is 0.200. The average Bonchev–Trinajstić information content (AvgIpc) is 2.97. The zero-order valence-corrected chi connectivity index (χ0v) is 13.4. The highest BCUT2D eigenvalue weighted by Crippen LogP contribution is 2.37. The molecule has 1 amide bonds. The van der Waals surface area contributed by atoms with Gasteiger partial charge >= 0.3 is 0 Å². The Balaban J connectivity index is 1.99.